The first-order valence-electron chi connectivity index (χ1n) is 11.1. The fourth-order valence-corrected chi connectivity index (χ4v) is 7.73. The Morgan fingerprint density at radius 2 is 1.91 bits per heavy atom. The molecular formula is C23H32F2N2O6. The summed E-state index contributed by atoms with van der Waals surface area (Å²) in [6.07, 6.45) is 0.456. The van der Waals surface area contributed by atoms with E-state index in [2.05, 4.69) is 10.3 Å². The monoisotopic (exact) mass is 470 g/mol. The van der Waals surface area contributed by atoms with E-state index in [9.17, 15) is 15.4 Å². The molecule has 8 nitrogen and oxygen atoms in total. The minimum atomic E-state index is -2.22. The lowest BCUT2D eigenvalue weighted by Crippen LogP contribution is -2.71. The predicted octanol–water partition coefficient (Wildman–Crippen LogP) is 2.40. The van der Waals surface area contributed by atoms with Gasteiger partial charge in [-0.3, -0.25) is 0 Å². The van der Waals surface area contributed by atoms with Crippen molar-refractivity contribution in [2.75, 3.05) is 20.8 Å². The predicted molar refractivity (Wildman–Crippen MR) is 115 cm³/mol. The number of nitrogens with zero attached hydrogens (tertiary/aromatic N) is 2. The highest BCUT2D eigenvalue weighted by molar-refractivity contribution is 6.05. The van der Waals surface area contributed by atoms with Crippen molar-refractivity contribution >= 4 is 11.4 Å². The van der Waals surface area contributed by atoms with Crippen molar-refractivity contribution in [3.8, 4) is 0 Å². The van der Waals surface area contributed by atoms with E-state index in [0.717, 1.165) is 0 Å². The molecule has 0 aromatic rings. The van der Waals surface area contributed by atoms with Crippen molar-refractivity contribution in [1.29, 1.82) is 0 Å². The Balaban J connectivity index is 1.90. The van der Waals surface area contributed by atoms with Crippen LogP contribution in [-0.2, 0) is 9.47 Å². The van der Waals surface area contributed by atoms with Crippen LogP contribution in [0.3, 0.4) is 0 Å². The average molecular weight is 471 g/mol. The molecular weight excluding hydrogens is 438 g/mol. The minimum absolute atomic E-state index is 0.0822. The smallest absolute Gasteiger partial charge is 0.152 e. The Kier molecular flexibility index (Phi) is 5.75. The van der Waals surface area contributed by atoms with Gasteiger partial charge in [0.1, 0.15) is 23.2 Å². The second-order valence-electron chi connectivity index (χ2n) is 10.1. The van der Waals surface area contributed by atoms with E-state index in [1.165, 1.54) is 32.4 Å². The molecule has 9 atom stereocenters. The first kappa shape index (κ1) is 24.3. The molecule has 0 bridgehead atoms. The maximum absolute atomic E-state index is 17.3. The summed E-state index contributed by atoms with van der Waals surface area (Å²) in [6, 6.07) is 0. The lowest BCUT2D eigenvalue weighted by Gasteiger charge is -2.63. The van der Waals surface area contributed by atoms with Crippen LogP contribution in [0.15, 0.2) is 34.1 Å². The van der Waals surface area contributed by atoms with Gasteiger partial charge >= 0.3 is 0 Å². The Labute approximate surface area is 191 Å². The number of halogens is 2. The summed E-state index contributed by atoms with van der Waals surface area (Å²) in [5.74, 6) is -1.44. The number of oxime groups is 2. The molecule has 10 heteroatoms. The Hall–Kier alpha value is -1.88. The molecule has 3 saturated carbocycles. The molecule has 33 heavy (non-hydrogen) atoms. The van der Waals surface area contributed by atoms with Gasteiger partial charge in [-0.15, -0.1) is 0 Å². The molecule has 0 aromatic heterocycles. The number of hydrogen-bond acceptors (Lipinski definition) is 8. The van der Waals surface area contributed by atoms with E-state index in [1.807, 2.05) is 0 Å². The summed E-state index contributed by atoms with van der Waals surface area (Å²) in [7, 11) is 2.84. The molecule has 0 amide bonds. The fourth-order valence-electron chi connectivity index (χ4n) is 7.73. The van der Waals surface area contributed by atoms with E-state index in [-0.39, 0.29) is 36.3 Å². The highest BCUT2D eigenvalue weighted by atomic mass is 19.1. The number of aliphatic hydroxyl groups is 2. The summed E-state index contributed by atoms with van der Waals surface area (Å²) in [5.41, 5.74) is -5.99. The van der Waals surface area contributed by atoms with Gasteiger partial charge in [0.25, 0.3) is 0 Å². The maximum atomic E-state index is 17.3. The van der Waals surface area contributed by atoms with Crippen molar-refractivity contribution in [2.24, 2.45) is 33.0 Å². The second-order valence-corrected chi connectivity index (χ2v) is 10.1. The molecule has 4 aliphatic carbocycles. The van der Waals surface area contributed by atoms with Crippen molar-refractivity contribution in [3.05, 3.63) is 23.8 Å². The zero-order chi connectivity index (χ0) is 24.4. The summed E-state index contributed by atoms with van der Waals surface area (Å²) < 4.78 is 44.5. The normalized spacial score (nSPS) is 50.5. The van der Waals surface area contributed by atoms with Crippen LogP contribution in [0.4, 0.5) is 8.78 Å². The van der Waals surface area contributed by atoms with E-state index in [0.29, 0.717) is 0 Å². The summed E-state index contributed by atoms with van der Waals surface area (Å²) in [6.45, 7) is 2.73. The standard InChI is InChI=1S/C23H32F2N2O6/c1-20-6-5-12(26-30)7-15(20)16(24)8-14-13-9-19(32-3)23(33-4,17(11-28)27-31)21(13,2)10-18(29)22(14,20)25/h5-7,13-14,16,18-19,28-31H,8-11H2,1-4H3/b26-12?,27-17+/t13-,14-,16-,18-,19+,20-,21-,22-,23+/m0/s1. The van der Waals surface area contributed by atoms with Gasteiger partial charge in [-0.25, -0.2) is 8.78 Å². The molecule has 4 aliphatic rings. The van der Waals surface area contributed by atoms with Gasteiger partial charge in [0.15, 0.2) is 5.67 Å². The number of hydrogen-bond donors (Lipinski definition) is 4. The highest BCUT2D eigenvalue weighted by Gasteiger charge is 2.77. The van der Waals surface area contributed by atoms with Gasteiger partial charge in [-0.2, -0.15) is 0 Å². The number of methoxy groups -OCH3 is 2. The lowest BCUT2D eigenvalue weighted by atomic mass is 9.44. The topological polar surface area (TPSA) is 124 Å². The van der Waals surface area contributed by atoms with Gasteiger partial charge in [0, 0.05) is 31.0 Å². The molecule has 0 saturated heterocycles. The number of alkyl halides is 2. The van der Waals surface area contributed by atoms with Crippen LogP contribution in [0, 0.1) is 22.7 Å². The van der Waals surface area contributed by atoms with Gasteiger partial charge in [0.05, 0.1) is 18.8 Å². The van der Waals surface area contributed by atoms with Crippen LogP contribution in [0.1, 0.15) is 33.1 Å². The van der Waals surface area contributed by atoms with Crippen LogP contribution < -0.4 is 0 Å². The third-order valence-corrected chi connectivity index (χ3v) is 9.22. The van der Waals surface area contributed by atoms with Gasteiger partial charge in [0.2, 0.25) is 0 Å². The van der Waals surface area contributed by atoms with Crippen molar-refractivity contribution in [3.63, 3.8) is 0 Å². The highest BCUT2D eigenvalue weighted by Crippen LogP contribution is 2.70. The summed E-state index contributed by atoms with van der Waals surface area (Å²) >= 11 is 0. The van der Waals surface area contributed by atoms with Gasteiger partial charge < -0.3 is 30.1 Å². The third kappa shape index (κ3) is 2.69. The maximum Gasteiger partial charge on any atom is 0.152 e. The Bertz CT molecular complexity index is 940. The minimum Gasteiger partial charge on any atom is -0.411 e. The molecule has 0 radical (unpaired) electrons. The van der Waals surface area contributed by atoms with Crippen LogP contribution in [-0.4, -0.2) is 82.5 Å². The number of allylic oxidation sites excluding steroid dienone is 4. The van der Waals surface area contributed by atoms with Gasteiger partial charge in [-0.05, 0) is 49.8 Å². The van der Waals surface area contributed by atoms with Crippen molar-refractivity contribution in [1.82, 2.24) is 0 Å². The molecule has 4 rings (SSSR count). The molecule has 0 unspecified atom stereocenters. The lowest BCUT2D eigenvalue weighted by molar-refractivity contribution is -0.220. The Morgan fingerprint density at radius 3 is 2.45 bits per heavy atom. The van der Waals surface area contributed by atoms with Crippen LogP contribution in [0.25, 0.3) is 0 Å². The zero-order valence-corrected chi connectivity index (χ0v) is 19.2. The zero-order valence-electron chi connectivity index (χ0n) is 19.2. The quantitative estimate of drug-likeness (QED) is 0.284. The largest absolute Gasteiger partial charge is 0.411 e. The number of aliphatic hydroxyl groups excluding tert-OH is 2. The SMILES string of the molecule is CO[C@@H]1C[C@H]2[C@@H]3C[C@H](F)C4=CC(=NO)C=C[C@]4(C)[C@@]3(F)[C@@H](O)C[C@]2(C)[C@@]1(OC)/C(CO)=N/O. The van der Waals surface area contributed by atoms with E-state index in [1.54, 1.807) is 13.8 Å². The van der Waals surface area contributed by atoms with E-state index >= 15 is 8.78 Å². The molecule has 0 spiro atoms. The molecule has 3 fully saturated rings. The first-order valence-corrected chi connectivity index (χ1v) is 11.1. The van der Waals surface area contributed by atoms with Crippen molar-refractivity contribution in [2.45, 2.75) is 62.8 Å². The van der Waals surface area contributed by atoms with Crippen LogP contribution >= 0.6 is 0 Å². The summed E-state index contributed by atoms with van der Waals surface area (Å²) in [5, 5.41) is 46.6. The Morgan fingerprint density at radius 1 is 1.21 bits per heavy atom. The van der Waals surface area contributed by atoms with Crippen molar-refractivity contribution < 1.29 is 38.9 Å². The first-order chi connectivity index (χ1) is 15.5. The van der Waals surface area contributed by atoms with Crippen LogP contribution in [0.2, 0.25) is 0 Å². The van der Waals surface area contributed by atoms with Gasteiger partial charge in [-0.1, -0.05) is 23.3 Å². The second kappa shape index (κ2) is 7.83. The molecule has 0 aromatic carbocycles. The fraction of sp³-hybridized carbons (Fsp3) is 0.739. The number of fused-ring (bicyclic) bond motifs is 5. The molecule has 0 aliphatic heterocycles. The number of ether oxygens (including phenoxy) is 2. The average Bonchev–Trinajstić information content (AvgIpc) is 3.05. The third-order valence-electron chi connectivity index (χ3n) is 9.22. The molecule has 0 heterocycles. The molecule has 4 N–H and O–H groups in total. The van der Waals surface area contributed by atoms with Crippen LogP contribution in [0.5, 0.6) is 0 Å². The summed E-state index contributed by atoms with van der Waals surface area (Å²) in [4.78, 5) is 0. The van der Waals surface area contributed by atoms with E-state index in [4.69, 9.17) is 14.7 Å². The van der Waals surface area contributed by atoms with E-state index < -0.39 is 58.9 Å². The number of rotatable bonds is 4. The molecule has 184 valence electrons.